The number of methoxy groups -OCH3 is 1. The number of amides is 1. The number of benzene rings is 2. The molecule has 0 aromatic heterocycles. The summed E-state index contributed by atoms with van der Waals surface area (Å²) in [6.45, 7) is 1.32. The third-order valence-corrected chi connectivity index (χ3v) is 4.78. The average Bonchev–Trinajstić information content (AvgIpc) is 2.49. The predicted octanol–water partition coefficient (Wildman–Crippen LogP) is 2.07. The molecular formula is C15H16N2O4S. The lowest BCUT2D eigenvalue weighted by molar-refractivity contribution is -0.114. The molecule has 0 fully saturated rings. The standard InChI is InChI=1S/C15H16N2O4S/c1-10(18)17-15-9-13(7-8-14(15)16)22(19,20)12-5-3-11(21-2)4-6-12/h3-9H,16H2,1-2H3,(H,17,18). The molecule has 0 saturated carbocycles. The number of hydrogen-bond donors (Lipinski definition) is 2. The maximum atomic E-state index is 12.6. The SMILES string of the molecule is COc1ccc(S(=O)(=O)c2ccc(N)c(NC(C)=O)c2)cc1. The van der Waals surface area contributed by atoms with Crippen LogP contribution in [-0.2, 0) is 14.6 Å². The third kappa shape index (κ3) is 3.20. The molecule has 7 heteroatoms. The molecule has 0 radical (unpaired) electrons. The minimum absolute atomic E-state index is 0.0515. The van der Waals surface area contributed by atoms with E-state index in [2.05, 4.69) is 5.32 Å². The van der Waals surface area contributed by atoms with Crippen LogP contribution in [0.5, 0.6) is 5.75 Å². The fourth-order valence-corrected chi connectivity index (χ4v) is 3.18. The van der Waals surface area contributed by atoms with Gasteiger partial charge in [0.1, 0.15) is 5.75 Å². The number of nitrogens with two attached hydrogens (primary N) is 1. The second kappa shape index (κ2) is 6.07. The van der Waals surface area contributed by atoms with Crippen LogP contribution in [0.3, 0.4) is 0 Å². The number of anilines is 2. The molecule has 6 nitrogen and oxygen atoms in total. The predicted molar refractivity (Wildman–Crippen MR) is 83.6 cm³/mol. The fourth-order valence-electron chi connectivity index (χ4n) is 1.89. The van der Waals surface area contributed by atoms with Gasteiger partial charge in [0.25, 0.3) is 0 Å². The van der Waals surface area contributed by atoms with Gasteiger partial charge in [-0.2, -0.15) is 0 Å². The summed E-state index contributed by atoms with van der Waals surface area (Å²) in [5.41, 5.74) is 6.29. The van der Waals surface area contributed by atoms with Crippen molar-refractivity contribution in [1.82, 2.24) is 0 Å². The number of carbonyl (C=O) groups excluding carboxylic acids is 1. The van der Waals surface area contributed by atoms with Gasteiger partial charge in [0.2, 0.25) is 15.7 Å². The molecule has 0 aliphatic rings. The first kappa shape index (κ1) is 15.8. The van der Waals surface area contributed by atoms with Crippen molar-refractivity contribution < 1.29 is 17.9 Å². The first-order valence-electron chi connectivity index (χ1n) is 6.41. The Bertz CT molecular complexity index is 799. The largest absolute Gasteiger partial charge is 0.497 e. The van der Waals surface area contributed by atoms with E-state index in [1.54, 1.807) is 12.1 Å². The Hall–Kier alpha value is -2.54. The summed E-state index contributed by atoms with van der Waals surface area (Å²) in [6.07, 6.45) is 0. The van der Waals surface area contributed by atoms with Gasteiger partial charge in [-0.25, -0.2) is 8.42 Å². The van der Waals surface area contributed by atoms with E-state index in [-0.39, 0.29) is 21.4 Å². The van der Waals surface area contributed by atoms with Crippen LogP contribution in [0, 0.1) is 0 Å². The zero-order valence-corrected chi connectivity index (χ0v) is 13.0. The van der Waals surface area contributed by atoms with Crippen molar-refractivity contribution in [3.05, 3.63) is 42.5 Å². The molecular weight excluding hydrogens is 304 g/mol. The Morgan fingerprint density at radius 3 is 2.23 bits per heavy atom. The second-order valence-electron chi connectivity index (χ2n) is 4.61. The van der Waals surface area contributed by atoms with Crippen LogP contribution in [0.1, 0.15) is 6.92 Å². The summed E-state index contributed by atoms with van der Waals surface area (Å²) in [7, 11) is -2.20. The molecule has 22 heavy (non-hydrogen) atoms. The molecule has 0 spiro atoms. The fraction of sp³-hybridized carbons (Fsp3) is 0.133. The Labute approximate surface area is 128 Å². The molecule has 116 valence electrons. The van der Waals surface area contributed by atoms with E-state index in [0.29, 0.717) is 11.4 Å². The minimum Gasteiger partial charge on any atom is -0.497 e. The summed E-state index contributed by atoms with van der Waals surface area (Å²) in [5, 5.41) is 2.51. The Morgan fingerprint density at radius 1 is 1.09 bits per heavy atom. The lowest BCUT2D eigenvalue weighted by Crippen LogP contribution is -2.10. The summed E-state index contributed by atoms with van der Waals surface area (Å²) in [5.74, 6) is 0.237. The van der Waals surface area contributed by atoms with Crippen LogP contribution in [0.2, 0.25) is 0 Å². The van der Waals surface area contributed by atoms with Gasteiger partial charge in [-0.15, -0.1) is 0 Å². The molecule has 0 atom stereocenters. The number of nitrogen functional groups attached to an aromatic ring is 1. The summed E-state index contributed by atoms with van der Waals surface area (Å²) < 4.78 is 30.2. The first-order valence-corrected chi connectivity index (χ1v) is 7.89. The van der Waals surface area contributed by atoms with E-state index in [4.69, 9.17) is 10.5 Å². The number of carbonyl (C=O) groups is 1. The van der Waals surface area contributed by atoms with E-state index >= 15 is 0 Å². The maximum Gasteiger partial charge on any atom is 0.221 e. The molecule has 2 aromatic rings. The lowest BCUT2D eigenvalue weighted by Gasteiger charge is -2.10. The van der Waals surface area contributed by atoms with E-state index < -0.39 is 9.84 Å². The number of sulfone groups is 1. The normalized spacial score (nSPS) is 11.0. The highest BCUT2D eigenvalue weighted by Gasteiger charge is 2.19. The molecule has 0 aliphatic heterocycles. The van der Waals surface area contributed by atoms with Gasteiger partial charge in [0, 0.05) is 6.92 Å². The van der Waals surface area contributed by atoms with Crippen molar-refractivity contribution in [2.45, 2.75) is 16.7 Å². The van der Waals surface area contributed by atoms with Crippen molar-refractivity contribution in [3.8, 4) is 5.75 Å². The van der Waals surface area contributed by atoms with Crippen molar-refractivity contribution in [2.75, 3.05) is 18.2 Å². The number of rotatable bonds is 4. The Morgan fingerprint density at radius 2 is 1.68 bits per heavy atom. The quantitative estimate of drug-likeness (QED) is 0.840. The number of ether oxygens (including phenoxy) is 1. The molecule has 0 heterocycles. The molecule has 0 unspecified atom stereocenters. The third-order valence-electron chi connectivity index (χ3n) is 3.02. The van der Waals surface area contributed by atoms with Crippen LogP contribution < -0.4 is 15.8 Å². The minimum atomic E-state index is -3.70. The van der Waals surface area contributed by atoms with Crippen molar-refractivity contribution in [1.29, 1.82) is 0 Å². The maximum absolute atomic E-state index is 12.6. The zero-order valence-electron chi connectivity index (χ0n) is 12.2. The van der Waals surface area contributed by atoms with Gasteiger partial charge in [0.05, 0.1) is 28.3 Å². The van der Waals surface area contributed by atoms with Crippen molar-refractivity contribution >= 4 is 27.1 Å². The van der Waals surface area contributed by atoms with Gasteiger partial charge in [-0.1, -0.05) is 0 Å². The van der Waals surface area contributed by atoms with E-state index in [1.807, 2.05) is 0 Å². The summed E-state index contributed by atoms with van der Waals surface area (Å²) >= 11 is 0. The highest BCUT2D eigenvalue weighted by molar-refractivity contribution is 7.91. The van der Waals surface area contributed by atoms with Gasteiger partial charge in [-0.05, 0) is 42.5 Å². The number of nitrogens with one attached hydrogen (secondary N) is 1. The molecule has 0 bridgehead atoms. The van der Waals surface area contributed by atoms with Gasteiger partial charge in [0.15, 0.2) is 0 Å². The molecule has 2 aromatic carbocycles. The molecule has 0 aliphatic carbocycles. The van der Waals surface area contributed by atoms with Gasteiger partial charge in [-0.3, -0.25) is 4.79 Å². The van der Waals surface area contributed by atoms with Crippen LogP contribution in [0.25, 0.3) is 0 Å². The molecule has 3 N–H and O–H groups in total. The van der Waals surface area contributed by atoms with E-state index in [1.165, 1.54) is 44.4 Å². The zero-order chi connectivity index (χ0) is 16.3. The summed E-state index contributed by atoms with van der Waals surface area (Å²) in [6, 6.07) is 10.3. The lowest BCUT2D eigenvalue weighted by atomic mass is 10.2. The number of hydrogen-bond acceptors (Lipinski definition) is 5. The average molecular weight is 320 g/mol. The Balaban J connectivity index is 2.46. The smallest absolute Gasteiger partial charge is 0.221 e. The molecule has 1 amide bonds. The van der Waals surface area contributed by atoms with E-state index in [9.17, 15) is 13.2 Å². The van der Waals surface area contributed by atoms with Crippen LogP contribution in [0.15, 0.2) is 52.3 Å². The van der Waals surface area contributed by atoms with Gasteiger partial charge >= 0.3 is 0 Å². The van der Waals surface area contributed by atoms with Crippen molar-refractivity contribution in [2.24, 2.45) is 0 Å². The van der Waals surface area contributed by atoms with Crippen molar-refractivity contribution in [3.63, 3.8) is 0 Å². The van der Waals surface area contributed by atoms with Gasteiger partial charge < -0.3 is 15.8 Å². The monoisotopic (exact) mass is 320 g/mol. The topological polar surface area (TPSA) is 98.5 Å². The highest BCUT2D eigenvalue weighted by Crippen LogP contribution is 2.28. The Kier molecular flexibility index (Phi) is 4.37. The van der Waals surface area contributed by atoms with Crippen LogP contribution in [0.4, 0.5) is 11.4 Å². The van der Waals surface area contributed by atoms with Crippen LogP contribution >= 0.6 is 0 Å². The summed E-state index contributed by atoms with van der Waals surface area (Å²) in [4.78, 5) is 11.3. The second-order valence-corrected chi connectivity index (χ2v) is 6.56. The highest BCUT2D eigenvalue weighted by atomic mass is 32.2. The molecule has 0 saturated heterocycles. The van der Waals surface area contributed by atoms with Crippen LogP contribution in [-0.4, -0.2) is 21.4 Å². The molecule has 2 rings (SSSR count). The van der Waals surface area contributed by atoms with E-state index in [0.717, 1.165) is 0 Å². The first-order chi connectivity index (χ1) is 10.3.